The average molecular weight is 324 g/mol. The van der Waals surface area contributed by atoms with Crippen LogP contribution in [0.1, 0.15) is 24.2 Å². The zero-order valence-electron chi connectivity index (χ0n) is 13.6. The van der Waals surface area contributed by atoms with Gasteiger partial charge in [-0.2, -0.15) is 0 Å². The van der Waals surface area contributed by atoms with Crippen LogP contribution in [-0.2, 0) is 14.3 Å². The minimum absolute atomic E-state index is 0.157. The first-order valence-electron chi connectivity index (χ1n) is 7.16. The molecule has 0 radical (unpaired) electrons. The second kappa shape index (κ2) is 8.26. The van der Waals surface area contributed by atoms with E-state index >= 15 is 0 Å². The van der Waals surface area contributed by atoms with Crippen molar-refractivity contribution in [1.29, 1.82) is 0 Å². The van der Waals surface area contributed by atoms with Crippen LogP contribution in [-0.4, -0.2) is 49.4 Å². The molecular formula is C16H21FN2O4. The highest BCUT2D eigenvalue weighted by atomic mass is 19.1. The van der Waals surface area contributed by atoms with Gasteiger partial charge in [-0.15, -0.1) is 0 Å². The molecule has 1 N–H and O–H groups in total. The Kier molecular flexibility index (Phi) is 6.68. The van der Waals surface area contributed by atoms with Gasteiger partial charge in [0.25, 0.3) is 11.8 Å². The molecule has 126 valence electrons. The average Bonchev–Trinajstić information content (AvgIpc) is 2.49. The maximum atomic E-state index is 13.6. The predicted molar refractivity (Wildman–Crippen MR) is 82.1 cm³/mol. The van der Waals surface area contributed by atoms with E-state index in [9.17, 15) is 18.8 Å². The van der Waals surface area contributed by atoms with Crippen LogP contribution >= 0.6 is 0 Å². The molecule has 0 aliphatic rings. The number of amides is 2. The summed E-state index contributed by atoms with van der Waals surface area (Å²) in [5.74, 6) is -2.78. The van der Waals surface area contributed by atoms with Crippen LogP contribution < -0.4 is 5.32 Å². The van der Waals surface area contributed by atoms with Gasteiger partial charge in [0.05, 0.1) is 5.56 Å². The Hall–Kier alpha value is -2.44. The van der Waals surface area contributed by atoms with Gasteiger partial charge < -0.3 is 15.0 Å². The number of hydrogen-bond acceptors (Lipinski definition) is 4. The van der Waals surface area contributed by atoms with Crippen LogP contribution in [0.2, 0.25) is 0 Å². The van der Waals surface area contributed by atoms with Gasteiger partial charge in [-0.25, -0.2) is 9.18 Å². The van der Waals surface area contributed by atoms with Gasteiger partial charge in [0.1, 0.15) is 11.9 Å². The monoisotopic (exact) mass is 324 g/mol. The van der Waals surface area contributed by atoms with E-state index in [1.165, 1.54) is 37.2 Å². The lowest BCUT2D eigenvalue weighted by Gasteiger charge is -2.21. The number of benzene rings is 1. The highest BCUT2D eigenvalue weighted by molar-refractivity contribution is 5.97. The third-order valence-electron chi connectivity index (χ3n) is 3.16. The van der Waals surface area contributed by atoms with Crippen molar-refractivity contribution in [2.75, 3.05) is 20.7 Å². The van der Waals surface area contributed by atoms with E-state index in [0.29, 0.717) is 0 Å². The van der Waals surface area contributed by atoms with Gasteiger partial charge in [-0.1, -0.05) is 26.0 Å². The smallest absolute Gasteiger partial charge is 0.329 e. The molecule has 1 atom stereocenters. The van der Waals surface area contributed by atoms with Crippen LogP contribution in [0.5, 0.6) is 0 Å². The second-order valence-corrected chi connectivity index (χ2v) is 5.57. The van der Waals surface area contributed by atoms with Crippen molar-refractivity contribution >= 4 is 17.8 Å². The van der Waals surface area contributed by atoms with Gasteiger partial charge in [0.2, 0.25) is 0 Å². The summed E-state index contributed by atoms with van der Waals surface area (Å²) >= 11 is 0. The molecule has 1 aromatic carbocycles. The molecule has 1 aromatic rings. The van der Waals surface area contributed by atoms with Crippen LogP contribution in [0.3, 0.4) is 0 Å². The number of halogens is 1. The lowest BCUT2D eigenvalue weighted by Crippen LogP contribution is -2.46. The Balaban J connectivity index is 2.75. The molecule has 0 fully saturated rings. The maximum Gasteiger partial charge on any atom is 0.329 e. The lowest BCUT2D eigenvalue weighted by molar-refractivity contribution is -0.153. The van der Waals surface area contributed by atoms with Crippen LogP contribution in [0, 0.1) is 11.7 Å². The standard InChI is InChI=1S/C16H21FN2O4/c1-10(2)14(16(22)23-9-13(20)19(3)4)18-15(21)11-7-5-6-8-12(11)17/h5-8,10,14H,9H2,1-4H3,(H,18,21)/t14-/m0/s1. The zero-order valence-corrected chi connectivity index (χ0v) is 13.6. The molecule has 6 nitrogen and oxygen atoms in total. The summed E-state index contributed by atoms with van der Waals surface area (Å²) in [7, 11) is 3.08. The number of likely N-dealkylation sites (N-methyl/N-ethyl adjacent to an activating group) is 1. The van der Waals surface area contributed by atoms with E-state index < -0.39 is 30.3 Å². The van der Waals surface area contributed by atoms with Crippen molar-refractivity contribution in [3.8, 4) is 0 Å². The quantitative estimate of drug-likeness (QED) is 0.798. The Morgan fingerprint density at radius 1 is 1.22 bits per heavy atom. The van der Waals surface area contributed by atoms with Gasteiger partial charge >= 0.3 is 5.97 Å². The van der Waals surface area contributed by atoms with Crippen LogP contribution in [0.15, 0.2) is 24.3 Å². The number of rotatable bonds is 6. The minimum Gasteiger partial charge on any atom is -0.454 e. The van der Waals surface area contributed by atoms with Crippen molar-refractivity contribution in [2.24, 2.45) is 5.92 Å². The number of hydrogen-bond donors (Lipinski definition) is 1. The third kappa shape index (κ3) is 5.36. The summed E-state index contributed by atoms with van der Waals surface area (Å²) in [6.45, 7) is 3.01. The lowest BCUT2D eigenvalue weighted by atomic mass is 10.0. The molecule has 0 heterocycles. The first kappa shape index (κ1) is 18.6. The molecule has 0 saturated heterocycles. The SMILES string of the molecule is CC(C)[C@H](NC(=O)c1ccccc1F)C(=O)OCC(=O)N(C)C. The van der Waals surface area contributed by atoms with E-state index in [2.05, 4.69) is 5.32 Å². The number of nitrogens with one attached hydrogen (secondary N) is 1. The zero-order chi connectivity index (χ0) is 17.6. The molecule has 0 bridgehead atoms. The predicted octanol–water partition coefficient (Wildman–Crippen LogP) is 1.21. The maximum absolute atomic E-state index is 13.6. The summed E-state index contributed by atoms with van der Waals surface area (Å²) in [6, 6.07) is 4.50. The second-order valence-electron chi connectivity index (χ2n) is 5.57. The Morgan fingerprint density at radius 3 is 2.35 bits per heavy atom. The molecule has 2 amide bonds. The minimum atomic E-state index is -0.975. The fraction of sp³-hybridized carbons (Fsp3) is 0.438. The number of ether oxygens (including phenoxy) is 1. The van der Waals surface area contributed by atoms with Gasteiger partial charge in [-0.3, -0.25) is 9.59 Å². The number of nitrogens with zero attached hydrogens (tertiary/aromatic N) is 1. The van der Waals surface area contributed by atoms with E-state index in [0.717, 1.165) is 6.07 Å². The van der Waals surface area contributed by atoms with Crippen LogP contribution in [0.25, 0.3) is 0 Å². The number of carbonyl (C=O) groups is 3. The van der Waals surface area contributed by atoms with Crippen molar-refractivity contribution < 1.29 is 23.5 Å². The van der Waals surface area contributed by atoms with E-state index in [1.807, 2.05) is 0 Å². The molecule has 0 saturated carbocycles. The fourth-order valence-electron chi connectivity index (χ4n) is 1.71. The highest BCUT2D eigenvalue weighted by Gasteiger charge is 2.27. The first-order valence-corrected chi connectivity index (χ1v) is 7.16. The number of esters is 1. The van der Waals surface area contributed by atoms with E-state index in [1.54, 1.807) is 13.8 Å². The summed E-state index contributed by atoms with van der Waals surface area (Å²) in [5.41, 5.74) is -0.157. The largest absolute Gasteiger partial charge is 0.454 e. The summed E-state index contributed by atoms with van der Waals surface area (Å²) in [6.07, 6.45) is 0. The third-order valence-corrected chi connectivity index (χ3v) is 3.16. The topological polar surface area (TPSA) is 75.7 Å². The first-order chi connectivity index (χ1) is 10.7. The van der Waals surface area contributed by atoms with E-state index in [-0.39, 0.29) is 17.4 Å². The summed E-state index contributed by atoms with van der Waals surface area (Å²) in [4.78, 5) is 36.9. The molecule has 0 unspecified atom stereocenters. The van der Waals surface area contributed by atoms with E-state index in [4.69, 9.17) is 4.74 Å². The van der Waals surface area contributed by atoms with Gasteiger partial charge in [0, 0.05) is 14.1 Å². The molecular weight excluding hydrogens is 303 g/mol. The molecule has 1 rings (SSSR count). The van der Waals surface area contributed by atoms with Crippen molar-refractivity contribution in [1.82, 2.24) is 10.2 Å². The Bertz CT molecular complexity index is 587. The van der Waals surface area contributed by atoms with Gasteiger partial charge in [-0.05, 0) is 18.1 Å². The molecule has 0 spiro atoms. The van der Waals surface area contributed by atoms with Gasteiger partial charge in [0.15, 0.2) is 6.61 Å². The summed E-state index contributed by atoms with van der Waals surface area (Å²) < 4.78 is 18.5. The Labute approximate surface area is 134 Å². The fourth-order valence-corrected chi connectivity index (χ4v) is 1.71. The summed E-state index contributed by atoms with van der Waals surface area (Å²) in [5, 5.41) is 2.45. The molecule has 23 heavy (non-hydrogen) atoms. The van der Waals surface area contributed by atoms with Crippen LogP contribution in [0.4, 0.5) is 4.39 Å². The molecule has 0 aromatic heterocycles. The highest BCUT2D eigenvalue weighted by Crippen LogP contribution is 2.09. The number of carbonyl (C=O) groups excluding carboxylic acids is 3. The molecule has 0 aliphatic heterocycles. The van der Waals surface area contributed by atoms with Crippen molar-refractivity contribution in [3.63, 3.8) is 0 Å². The Morgan fingerprint density at radius 2 is 1.83 bits per heavy atom. The normalized spacial score (nSPS) is 11.7. The van der Waals surface area contributed by atoms with Crippen molar-refractivity contribution in [2.45, 2.75) is 19.9 Å². The van der Waals surface area contributed by atoms with Crippen molar-refractivity contribution in [3.05, 3.63) is 35.6 Å². The molecule has 7 heteroatoms. The molecule has 0 aliphatic carbocycles.